The molecule has 1 aliphatic rings. The van der Waals surface area contributed by atoms with E-state index in [0.29, 0.717) is 17.8 Å². The van der Waals surface area contributed by atoms with Crippen LogP contribution < -0.4 is 14.4 Å². The van der Waals surface area contributed by atoms with Crippen LogP contribution in [0, 0.1) is 19.3 Å². The van der Waals surface area contributed by atoms with Crippen molar-refractivity contribution in [2.75, 3.05) is 16.2 Å². The SMILES string of the molecule is Cc1cccc(C)c1-c1cc2nc(n1)NS(=O)(=O)c1cccc(c1)C(=O)N(c1cn[nH]c1)[C@H](CC(C)(C)C)CO2. The Morgan fingerprint density at radius 3 is 2.45 bits per heavy atom. The van der Waals surface area contributed by atoms with Crippen molar-refractivity contribution in [3.63, 3.8) is 0 Å². The van der Waals surface area contributed by atoms with Crippen LogP contribution in [-0.2, 0) is 10.0 Å². The van der Waals surface area contributed by atoms with Crippen LogP contribution in [0.2, 0.25) is 0 Å². The number of carbonyl (C=O) groups excluding carboxylic acids is 1. The van der Waals surface area contributed by atoms with Crippen LogP contribution in [0.4, 0.5) is 11.6 Å². The van der Waals surface area contributed by atoms with Crippen LogP contribution >= 0.6 is 0 Å². The van der Waals surface area contributed by atoms with E-state index in [0.717, 1.165) is 16.7 Å². The molecule has 1 aliphatic heterocycles. The number of rotatable bonds is 3. The summed E-state index contributed by atoms with van der Waals surface area (Å²) >= 11 is 0. The number of nitrogens with one attached hydrogen (secondary N) is 2. The first-order chi connectivity index (χ1) is 18.9. The Morgan fingerprint density at radius 2 is 1.77 bits per heavy atom. The minimum absolute atomic E-state index is 0.0827. The fourth-order valence-electron chi connectivity index (χ4n) is 4.99. The van der Waals surface area contributed by atoms with E-state index in [9.17, 15) is 13.2 Å². The van der Waals surface area contributed by atoms with Crippen LogP contribution in [0.3, 0.4) is 0 Å². The summed E-state index contributed by atoms with van der Waals surface area (Å²) in [5.41, 5.74) is 3.93. The van der Waals surface area contributed by atoms with E-state index in [2.05, 4.69) is 45.7 Å². The Morgan fingerprint density at radius 1 is 1.05 bits per heavy atom. The van der Waals surface area contributed by atoms with Crippen molar-refractivity contribution in [1.82, 2.24) is 20.2 Å². The normalized spacial score (nSPS) is 17.2. The van der Waals surface area contributed by atoms with Gasteiger partial charge in [0.1, 0.15) is 6.61 Å². The van der Waals surface area contributed by atoms with Crippen LogP contribution in [0.25, 0.3) is 11.3 Å². The number of fused-ring (bicyclic) bond motifs is 4. The molecular weight excluding hydrogens is 528 g/mol. The molecule has 0 aliphatic carbocycles. The summed E-state index contributed by atoms with van der Waals surface area (Å²) in [6, 6.07) is 13.1. The van der Waals surface area contributed by atoms with Gasteiger partial charge in [0.15, 0.2) is 0 Å². The topological polar surface area (TPSA) is 130 Å². The second-order valence-electron chi connectivity index (χ2n) is 11.2. The molecule has 1 atom stereocenters. The smallest absolute Gasteiger partial charge is 0.264 e. The maximum Gasteiger partial charge on any atom is 0.264 e. The molecule has 11 heteroatoms. The molecule has 0 unspecified atom stereocenters. The molecule has 2 aromatic heterocycles. The molecule has 0 spiro atoms. The molecule has 4 aromatic rings. The molecule has 10 nitrogen and oxygen atoms in total. The largest absolute Gasteiger partial charge is 0.475 e. The van der Waals surface area contributed by atoms with Crippen LogP contribution in [0.5, 0.6) is 5.88 Å². The molecular formula is C29H32N6O4S. The first-order valence-electron chi connectivity index (χ1n) is 12.9. The van der Waals surface area contributed by atoms with Gasteiger partial charge >= 0.3 is 0 Å². The molecule has 0 radical (unpaired) electrons. The number of amides is 1. The lowest BCUT2D eigenvalue weighted by Crippen LogP contribution is -2.46. The van der Waals surface area contributed by atoms with Gasteiger partial charge in [-0.1, -0.05) is 45.0 Å². The second-order valence-corrected chi connectivity index (χ2v) is 12.9. The van der Waals surface area contributed by atoms with Gasteiger partial charge in [0.25, 0.3) is 15.9 Å². The van der Waals surface area contributed by atoms with E-state index < -0.39 is 16.1 Å². The van der Waals surface area contributed by atoms with Gasteiger partial charge in [0.05, 0.1) is 28.5 Å². The number of aryl methyl sites for hydroxylation is 2. The average Bonchev–Trinajstić information content (AvgIpc) is 3.40. The number of ether oxygens (including phenoxy) is 1. The average molecular weight is 561 g/mol. The lowest BCUT2D eigenvalue weighted by Gasteiger charge is -2.34. The number of carbonyl (C=O) groups is 1. The van der Waals surface area contributed by atoms with Gasteiger partial charge in [0.2, 0.25) is 11.8 Å². The molecule has 2 N–H and O–H groups in total. The standard InChI is InChI=1S/C29H32N6O4S/c1-18-8-6-9-19(2)26(18)24-13-25-33-28(32-24)34-40(37,38)23-11-7-10-20(12-23)27(36)35(22-15-30-31-16-22)21(17-39-25)14-29(3,4)5/h6-13,15-16,21H,14,17H2,1-5H3,(H,30,31)(H,32,33,34)/t21-/m1/s1. The molecule has 5 rings (SSSR count). The summed E-state index contributed by atoms with van der Waals surface area (Å²) in [5, 5.41) is 6.83. The third kappa shape index (κ3) is 5.69. The summed E-state index contributed by atoms with van der Waals surface area (Å²) in [5.74, 6) is -0.301. The highest BCUT2D eigenvalue weighted by molar-refractivity contribution is 7.92. The first-order valence-corrected chi connectivity index (χ1v) is 14.4. The molecule has 3 heterocycles. The summed E-state index contributed by atoms with van der Waals surface area (Å²) in [4.78, 5) is 24.5. The zero-order valence-corrected chi connectivity index (χ0v) is 23.9. The van der Waals surface area contributed by atoms with E-state index >= 15 is 0 Å². The molecule has 4 bridgehead atoms. The predicted molar refractivity (Wildman–Crippen MR) is 153 cm³/mol. The molecule has 40 heavy (non-hydrogen) atoms. The number of hydrogen-bond donors (Lipinski definition) is 2. The number of benzene rings is 2. The van der Waals surface area contributed by atoms with Gasteiger partial charge in [-0.05, 0) is 55.0 Å². The summed E-state index contributed by atoms with van der Waals surface area (Å²) in [6.07, 6.45) is 3.78. The van der Waals surface area contributed by atoms with Crippen molar-refractivity contribution in [1.29, 1.82) is 0 Å². The van der Waals surface area contributed by atoms with Gasteiger partial charge in [0, 0.05) is 23.4 Å². The minimum atomic E-state index is -4.13. The highest BCUT2D eigenvalue weighted by Crippen LogP contribution is 2.32. The Kier molecular flexibility index (Phi) is 7.09. The number of sulfonamides is 1. The molecule has 208 valence electrons. The highest BCUT2D eigenvalue weighted by Gasteiger charge is 2.32. The number of hydrogen-bond acceptors (Lipinski definition) is 7. The van der Waals surface area contributed by atoms with E-state index in [-0.39, 0.29) is 40.2 Å². The van der Waals surface area contributed by atoms with Crippen LogP contribution in [0.15, 0.2) is 65.8 Å². The van der Waals surface area contributed by atoms with Gasteiger partial charge in [-0.2, -0.15) is 10.1 Å². The lowest BCUT2D eigenvalue weighted by atomic mass is 9.87. The van der Waals surface area contributed by atoms with Crippen molar-refractivity contribution in [3.05, 3.63) is 77.6 Å². The zero-order valence-electron chi connectivity index (χ0n) is 23.1. The number of aromatic amines is 1. The first kappa shape index (κ1) is 27.3. The van der Waals surface area contributed by atoms with E-state index in [1.807, 2.05) is 32.0 Å². The van der Waals surface area contributed by atoms with Gasteiger partial charge in [-0.25, -0.2) is 18.1 Å². The lowest BCUT2D eigenvalue weighted by molar-refractivity contribution is 0.0955. The Balaban J connectivity index is 1.71. The number of nitrogens with zero attached hydrogens (tertiary/aromatic N) is 4. The van der Waals surface area contributed by atoms with Gasteiger partial charge in [-0.3, -0.25) is 14.8 Å². The van der Waals surface area contributed by atoms with E-state index in [1.165, 1.54) is 12.1 Å². The van der Waals surface area contributed by atoms with Crippen LogP contribution in [-0.4, -0.2) is 47.1 Å². The van der Waals surface area contributed by atoms with Crippen molar-refractivity contribution >= 4 is 27.6 Å². The second kappa shape index (κ2) is 10.4. The highest BCUT2D eigenvalue weighted by atomic mass is 32.2. The number of aromatic nitrogens is 4. The zero-order chi connectivity index (χ0) is 28.7. The maximum atomic E-state index is 14.0. The van der Waals surface area contributed by atoms with Crippen molar-refractivity contribution in [2.45, 2.75) is 52.0 Å². The summed E-state index contributed by atoms with van der Waals surface area (Å²) < 4.78 is 35.6. The molecule has 0 fully saturated rings. The van der Waals surface area contributed by atoms with Crippen molar-refractivity contribution < 1.29 is 17.9 Å². The summed E-state index contributed by atoms with van der Waals surface area (Å²) in [7, 11) is -4.13. The molecule has 0 saturated heterocycles. The minimum Gasteiger partial charge on any atom is -0.475 e. The Hall–Kier alpha value is -4.25. The fourth-order valence-corrected chi connectivity index (χ4v) is 5.98. The van der Waals surface area contributed by atoms with Crippen LogP contribution in [0.1, 0.15) is 48.7 Å². The third-order valence-corrected chi connectivity index (χ3v) is 8.00. The number of anilines is 2. The molecule has 2 aromatic carbocycles. The van der Waals surface area contributed by atoms with E-state index in [4.69, 9.17) is 4.74 Å². The number of H-pyrrole nitrogens is 1. The fraction of sp³-hybridized carbons (Fsp3) is 0.310. The van der Waals surface area contributed by atoms with Gasteiger partial charge < -0.3 is 4.74 Å². The summed E-state index contributed by atoms with van der Waals surface area (Å²) in [6.45, 7) is 10.3. The maximum absolute atomic E-state index is 14.0. The van der Waals surface area contributed by atoms with E-state index in [1.54, 1.807) is 35.5 Å². The Labute approximate surface area is 233 Å². The third-order valence-electron chi connectivity index (χ3n) is 6.67. The van der Waals surface area contributed by atoms with Crippen molar-refractivity contribution in [2.24, 2.45) is 5.41 Å². The monoisotopic (exact) mass is 560 g/mol. The molecule has 1 amide bonds. The predicted octanol–water partition coefficient (Wildman–Crippen LogP) is 5.13. The van der Waals surface area contributed by atoms with Gasteiger partial charge in [-0.15, -0.1) is 0 Å². The quantitative estimate of drug-likeness (QED) is 0.355. The Bertz CT molecular complexity index is 1640. The van der Waals surface area contributed by atoms with Crippen molar-refractivity contribution in [3.8, 4) is 17.1 Å². The molecule has 0 saturated carbocycles.